The van der Waals surface area contributed by atoms with Crippen LogP contribution >= 0.6 is 0 Å². The van der Waals surface area contributed by atoms with Gasteiger partial charge in [-0.1, -0.05) is 0 Å². The molecule has 0 aliphatic heterocycles. The first-order chi connectivity index (χ1) is 5.56. The summed E-state index contributed by atoms with van der Waals surface area (Å²) in [6.07, 6.45) is -1.02. The molecule has 12 heavy (non-hydrogen) atoms. The molecular formula is C7H15FNO3+. The van der Waals surface area contributed by atoms with Gasteiger partial charge in [-0.05, 0) is 0 Å². The Balaban J connectivity index is 4.08. The molecule has 0 rings (SSSR count). The number of rotatable bonds is 5. The maximum Gasteiger partial charge on any atom is 0.513 e. The molecule has 0 spiro atoms. The second-order valence-corrected chi connectivity index (χ2v) is 2.81. The average Bonchev–Trinajstić information content (AvgIpc) is 2.01. The number of nitrogens with zero attached hydrogens (tertiary/aromatic N) is 1. The van der Waals surface area contributed by atoms with Gasteiger partial charge in [0.25, 0.3) is 0 Å². The van der Waals surface area contributed by atoms with Crippen LogP contribution in [0, 0.1) is 0 Å². The minimum Gasteiger partial charge on any atom is -0.435 e. The van der Waals surface area contributed by atoms with E-state index in [1.54, 1.807) is 0 Å². The van der Waals surface area contributed by atoms with Crippen molar-refractivity contribution in [1.82, 2.24) is 0 Å². The molecule has 0 aliphatic rings. The maximum absolute atomic E-state index is 12.0. The van der Waals surface area contributed by atoms with Crippen LogP contribution in [0.15, 0.2) is 0 Å². The van der Waals surface area contributed by atoms with Gasteiger partial charge in [-0.25, -0.2) is 8.87 Å². The van der Waals surface area contributed by atoms with E-state index in [1.807, 2.05) is 0 Å². The van der Waals surface area contributed by atoms with Crippen molar-refractivity contribution in [2.24, 2.45) is 0 Å². The molecular weight excluding hydrogens is 165 g/mol. The molecule has 0 radical (unpaired) electrons. The van der Waals surface area contributed by atoms with Crippen molar-refractivity contribution >= 4 is 6.09 Å². The predicted molar refractivity (Wildman–Crippen MR) is 41.8 cm³/mol. The summed E-state index contributed by atoms with van der Waals surface area (Å²) in [5, 5.41) is 8.74. The number of hydrogen-bond acceptors (Lipinski definition) is 2. The molecule has 1 unspecified atom stereocenters. The highest BCUT2D eigenvalue weighted by Crippen LogP contribution is 2.02. The lowest BCUT2D eigenvalue weighted by atomic mass is 10.4. The molecule has 1 amide bonds. The van der Waals surface area contributed by atoms with Gasteiger partial charge in [0.15, 0.2) is 0 Å². The molecule has 0 bridgehead atoms. The quantitative estimate of drug-likeness (QED) is 0.634. The van der Waals surface area contributed by atoms with Gasteiger partial charge in [-0.3, -0.25) is 0 Å². The van der Waals surface area contributed by atoms with Crippen molar-refractivity contribution < 1.29 is 23.5 Å². The molecule has 5 heteroatoms. The molecule has 0 fully saturated rings. The van der Waals surface area contributed by atoms with E-state index in [2.05, 4.69) is 0 Å². The summed E-state index contributed by atoms with van der Waals surface area (Å²) in [6, 6.07) is 0. The van der Waals surface area contributed by atoms with Crippen LogP contribution in [0.2, 0.25) is 0 Å². The van der Waals surface area contributed by atoms with E-state index in [4.69, 9.17) is 9.84 Å². The van der Waals surface area contributed by atoms with Crippen molar-refractivity contribution in [2.45, 2.75) is 0 Å². The van der Waals surface area contributed by atoms with Crippen LogP contribution in [-0.2, 0) is 4.74 Å². The van der Waals surface area contributed by atoms with Crippen LogP contribution in [0.3, 0.4) is 0 Å². The van der Waals surface area contributed by atoms with Gasteiger partial charge in [0.05, 0.1) is 13.7 Å². The van der Waals surface area contributed by atoms with Gasteiger partial charge in [0, 0.05) is 7.11 Å². The van der Waals surface area contributed by atoms with Gasteiger partial charge in [0.1, 0.15) is 19.8 Å². The summed E-state index contributed by atoms with van der Waals surface area (Å²) in [7, 11) is 2.96. The standard InChI is InChI=1S/C7H14FNO3/c1-9(4-3-8,7(10)11)5-6-12-2/h3-6H2,1-2H3/p+1. The van der Waals surface area contributed by atoms with Crippen LogP contribution in [-0.4, -0.2) is 56.2 Å². The van der Waals surface area contributed by atoms with Crippen LogP contribution < -0.4 is 0 Å². The number of hydrogen-bond donors (Lipinski definition) is 1. The normalized spacial score (nSPS) is 15.6. The Morgan fingerprint density at radius 2 is 2.17 bits per heavy atom. The summed E-state index contributed by atoms with van der Waals surface area (Å²) in [6.45, 7) is -0.0379. The Bertz CT molecular complexity index is 154. The molecule has 0 saturated heterocycles. The third-order valence-electron chi connectivity index (χ3n) is 1.83. The fraction of sp³-hybridized carbons (Fsp3) is 0.857. The van der Waals surface area contributed by atoms with Crippen LogP contribution in [0.5, 0.6) is 0 Å². The van der Waals surface area contributed by atoms with Gasteiger partial charge in [0.2, 0.25) is 0 Å². The van der Waals surface area contributed by atoms with E-state index >= 15 is 0 Å². The molecule has 0 aromatic heterocycles. The van der Waals surface area contributed by atoms with Gasteiger partial charge in [-0.2, -0.15) is 4.79 Å². The molecule has 4 nitrogen and oxygen atoms in total. The SMILES string of the molecule is COCC[N+](C)(CCF)C(=O)O. The fourth-order valence-corrected chi connectivity index (χ4v) is 0.782. The Morgan fingerprint density at radius 1 is 1.58 bits per heavy atom. The molecule has 0 aromatic rings. The van der Waals surface area contributed by atoms with E-state index in [0.29, 0.717) is 6.61 Å². The molecule has 1 atom stereocenters. The lowest BCUT2D eigenvalue weighted by Crippen LogP contribution is -2.51. The highest BCUT2D eigenvalue weighted by Gasteiger charge is 2.30. The number of carbonyl (C=O) groups is 1. The van der Waals surface area contributed by atoms with Crippen molar-refractivity contribution in [2.75, 3.05) is 40.5 Å². The number of carboxylic acid groups (broad SMARTS) is 1. The summed E-state index contributed by atoms with van der Waals surface area (Å²) in [4.78, 5) is 10.7. The van der Waals surface area contributed by atoms with Gasteiger partial charge >= 0.3 is 6.09 Å². The molecule has 0 aromatic carbocycles. The Morgan fingerprint density at radius 3 is 2.50 bits per heavy atom. The zero-order valence-electron chi connectivity index (χ0n) is 7.42. The topological polar surface area (TPSA) is 46.5 Å². The highest BCUT2D eigenvalue weighted by atomic mass is 19.1. The predicted octanol–water partition coefficient (Wildman–Crippen LogP) is 0.727. The van der Waals surface area contributed by atoms with E-state index in [-0.39, 0.29) is 17.6 Å². The number of quaternary nitrogens is 1. The van der Waals surface area contributed by atoms with Crippen LogP contribution in [0.25, 0.3) is 0 Å². The Hall–Kier alpha value is -0.680. The smallest absolute Gasteiger partial charge is 0.435 e. The zero-order valence-corrected chi connectivity index (χ0v) is 7.42. The zero-order chi connectivity index (χ0) is 9.61. The van der Waals surface area contributed by atoms with Crippen molar-refractivity contribution in [3.05, 3.63) is 0 Å². The van der Waals surface area contributed by atoms with Gasteiger partial charge < -0.3 is 9.84 Å². The number of amides is 1. The Kier molecular flexibility index (Phi) is 4.77. The second kappa shape index (κ2) is 5.05. The summed E-state index contributed by atoms with van der Waals surface area (Å²) in [5.41, 5.74) is 0. The van der Waals surface area contributed by atoms with Crippen molar-refractivity contribution in [1.29, 1.82) is 0 Å². The first-order valence-electron chi connectivity index (χ1n) is 3.70. The third-order valence-corrected chi connectivity index (χ3v) is 1.83. The number of ether oxygens (including phenoxy) is 1. The van der Waals surface area contributed by atoms with E-state index in [1.165, 1.54) is 14.2 Å². The lowest BCUT2D eigenvalue weighted by molar-refractivity contribution is -0.837. The fourth-order valence-electron chi connectivity index (χ4n) is 0.782. The number of halogens is 1. The van der Waals surface area contributed by atoms with Crippen LogP contribution in [0.4, 0.5) is 9.18 Å². The number of alkyl halides is 1. The molecule has 0 heterocycles. The summed E-state index contributed by atoms with van der Waals surface area (Å²) < 4.78 is 16.4. The van der Waals surface area contributed by atoms with E-state index < -0.39 is 12.8 Å². The first-order valence-corrected chi connectivity index (χ1v) is 3.70. The molecule has 1 N–H and O–H groups in total. The minimum atomic E-state index is -1.02. The highest BCUT2D eigenvalue weighted by molar-refractivity contribution is 5.56. The van der Waals surface area contributed by atoms with Crippen molar-refractivity contribution in [3.63, 3.8) is 0 Å². The maximum atomic E-state index is 12.0. The molecule has 72 valence electrons. The minimum absolute atomic E-state index is 0.0152. The number of methoxy groups -OCH3 is 1. The number of likely N-dealkylation sites (N-methyl/N-ethyl adjacent to an activating group) is 1. The summed E-state index contributed by atoms with van der Waals surface area (Å²) in [5.74, 6) is 0. The average molecular weight is 180 g/mol. The first kappa shape index (κ1) is 11.3. The molecule has 0 saturated carbocycles. The van der Waals surface area contributed by atoms with Gasteiger partial charge in [-0.15, -0.1) is 0 Å². The second-order valence-electron chi connectivity index (χ2n) is 2.81. The third kappa shape index (κ3) is 3.15. The summed E-state index contributed by atoms with van der Waals surface area (Å²) >= 11 is 0. The van der Waals surface area contributed by atoms with Crippen molar-refractivity contribution in [3.8, 4) is 0 Å². The van der Waals surface area contributed by atoms with Crippen LogP contribution in [0.1, 0.15) is 0 Å². The van der Waals surface area contributed by atoms with E-state index in [9.17, 15) is 9.18 Å². The van der Waals surface area contributed by atoms with E-state index in [0.717, 1.165) is 0 Å². The lowest BCUT2D eigenvalue weighted by Gasteiger charge is -2.26. The largest absolute Gasteiger partial charge is 0.513 e. The Labute approximate surface area is 71.1 Å². The monoisotopic (exact) mass is 180 g/mol. The molecule has 0 aliphatic carbocycles.